The standard InChI is InChI=1S/C10H11ClN4O2S/c1-15-5-8(13-14-15)6-18(16,17)10-3-2-7(12)4-9(10)11/h2-5H,6,12H2,1H3. The number of aryl methyl sites for hydroxylation is 1. The molecule has 1 aromatic carbocycles. The Bertz CT molecular complexity index is 681. The van der Waals surface area contributed by atoms with Crippen LogP contribution in [-0.2, 0) is 22.6 Å². The van der Waals surface area contributed by atoms with Gasteiger partial charge < -0.3 is 5.73 Å². The Morgan fingerprint density at radius 2 is 2.17 bits per heavy atom. The van der Waals surface area contributed by atoms with Gasteiger partial charge >= 0.3 is 0 Å². The fourth-order valence-electron chi connectivity index (χ4n) is 1.50. The molecule has 96 valence electrons. The third-order valence-corrected chi connectivity index (χ3v) is 4.41. The number of halogens is 1. The van der Waals surface area contributed by atoms with Crippen LogP contribution in [0.25, 0.3) is 0 Å². The maximum Gasteiger partial charge on any atom is 0.185 e. The summed E-state index contributed by atoms with van der Waals surface area (Å²) in [5.74, 6) is -0.246. The first-order chi connectivity index (χ1) is 8.38. The molecule has 1 heterocycles. The molecule has 0 aliphatic carbocycles. The van der Waals surface area contributed by atoms with E-state index < -0.39 is 9.84 Å². The van der Waals surface area contributed by atoms with Gasteiger partial charge in [-0.3, -0.25) is 4.68 Å². The molecule has 0 amide bonds. The van der Waals surface area contributed by atoms with Crippen molar-refractivity contribution in [3.8, 4) is 0 Å². The van der Waals surface area contributed by atoms with Crippen molar-refractivity contribution in [2.75, 3.05) is 5.73 Å². The Kier molecular flexibility index (Phi) is 3.27. The van der Waals surface area contributed by atoms with E-state index in [2.05, 4.69) is 10.3 Å². The average Bonchev–Trinajstić information content (AvgIpc) is 2.62. The number of anilines is 1. The van der Waals surface area contributed by atoms with Gasteiger partial charge in [0.2, 0.25) is 0 Å². The molecule has 6 nitrogen and oxygen atoms in total. The van der Waals surface area contributed by atoms with Gasteiger partial charge in [-0.05, 0) is 18.2 Å². The lowest BCUT2D eigenvalue weighted by Crippen LogP contribution is -2.06. The molecule has 0 unspecified atom stereocenters. The first-order valence-corrected chi connectivity index (χ1v) is 7.04. The van der Waals surface area contributed by atoms with E-state index in [4.69, 9.17) is 17.3 Å². The largest absolute Gasteiger partial charge is 0.399 e. The number of sulfone groups is 1. The first-order valence-electron chi connectivity index (χ1n) is 5.01. The summed E-state index contributed by atoms with van der Waals surface area (Å²) in [6.07, 6.45) is 1.54. The average molecular weight is 287 g/mol. The van der Waals surface area contributed by atoms with Crippen molar-refractivity contribution in [3.05, 3.63) is 35.1 Å². The van der Waals surface area contributed by atoms with Crippen LogP contribution in [0.5, 0.6) is 0 Å². The molecular formula is C10H11ClN4O2S. The smallest absolute Gasteiger partial charge is 0.185 e. The summed E-state index contributed by atoms with van der Waals surface area (Å²) in [6.45, 7) is 0. The maximum atomic E-state index is 12.1. The lowest BCUT2D eigenvalue weighted by Gasteiger charge is -2.05. The van der Waals surface area contributed by atoms with Gasteiger partial charge in [-0.2, -0.15) is 0 Å². The Hall–Kier alpha value is -1.60. The first kappa shape index (κ1) is 12.8. The zero-order chi connectivity index (χ0) is 13.3. The lowest BCUT2D eigenvalue weighted by molar-refractivity contribution is 0.594. The van der Waals surface area contributed by atoms with Gasteiger partial charge in [-0.1, -0.05) is 16.8 Å². The highest BCUT2D eigenvalue weighted by Crippen LogP contribution is 2.26. The number of nitrogen functional groups attached to an aromatic ring is 1. The Morgan fingerprint density at radius 1 is 1.44 bits per heavy atom. The molecule has 0 radical (unpaired) electrons. The van der Waals surface area contributed by atoms with Gasteiger partial charge in [0.15, 0.2) is 9.84 Å². The van der Waals surface area contributed by atoms with E-state index in [1.807, 2.05) is 0 Å². The minimum absolute atomic E-state index is 0.0454. The second-order valence-corrected chi connectivity index (χ2v) is 6.20. The summed E-state index contributed by atoms with van der Waals surface area (Å²) in [6, 6.07) is 4.30. The van der Waals surface area contributed by atoms with Gasteiger partial charge in [0.05, 0.1) is 15.6 Å². The van der Waals surface area contributed by atoms with Crippen LogP contribution in [0.15, 0.2) is 29.3 Å². The normalized spacial score (nSPS) is 11.7. The third-order valence-electron chi connectivity index (χ3n) is 2.28. The molecule has 1 aromatic heterocycles. The second kappa shape index (κ2) is 4.58. The fraction of sp³-hybridized carbons (Fsp3) is 0.200. The molecule has 0 spiro atoms. The minimum atomic E-state index is -3.55. The van der Waals surface area contributed by atoms with Gasteiger partial charge in [0.1, 0.15) is 5.75 Å². The monoisotopic (exact) mass is 286 g/mol. The highest BCUT2D eigenvalue weighted by Gasteiger charge is 2.20. The maximum absolute atomic E-state index is 12.1. The van der Waals surface area contributed by atoms with E-state index in [1.54, 1.807) is 13.2 Å². The van der Waals surface area contributed by atoms with E-state index in [9.17, 15) is 8.42 Å². The number of nitrogens with zero attached hydrogens (tertiary/aromatic N) is 3. The van der Waals surface area contributed by atoms with Gasteiger partial charge in [0.25, 0.3) is 0 Å². The molecule has 0 fully saturated rings. The van der Waals surface area contributed by atoms with Crippen molar-refractivity contribution in [1.29, 1.82) is 0 Å². The Balaban J connectivity index is 2.36. The minimum Gasteiger partial charge on any atom is -0.399 e. The number of aromatic nitrogens is 3. The summed E-state index contributed by atoms with van der Waals surface area (Å²) >= 11 is 5.89. The van der Waals surface area contributed by atoms with E-state index in [0.717, 1.165) is 0 Å². The molecule has 18 heavy (non-hydrogen) atoms. The molecule has 0 atom stereocenters. The van der Waals surface area contributed by atoms with Crippen LogP contribution in [0.4, 0.5) is 5.69 Å². The number of hydrogen-bond acceptors (Lipinski definition) is 5. The third kappa shape index (κ3) is 2.62. The van der Waals surface area contributed by atoms with Crippen LogP contribution >= 0.6 is 11.6 Å². The molecule has 0 aliphatic rings. The highest BCUT2D eigenvalue weighted by molar-refractivity contribution is 7.90. The van der Waals surface area contributed by atoms with Crippen molar-refractivity contribution in [2.45, 2.75) is 10.6 Å². The Morgan fingerprint density at radius 3 is 2.72 bits per heavy atom. The quantitative estimate of drug-likeness (QED) is 0.851. The van der Waals surface area contributed by atoms with Crippen molar-refractivity contribution < 1.29 is 8.42 Å². The van der Waals surface area contributed by atoms with Crippen LogP contribution in [0.2, 0.25) is 5.02 Å². The van der Waals surface area contributed by atoms with Gasteiger partial charge in [-0.15, -0.1) is 5.10 Å². The molecule has 2 rings (SSSR count). The van der Waals surface area contributed by atoms with Gasteiger partial charge in [-0.25, -0.2) is 8.42 Å². The van der Waals surface area contributed by atoms with E-state index in [1.165, 1.54) is 22.9 Å². The van der Waals surface area contributed by atoms with Gasteiger partial charge in [0, 0.05) is 18.9 Å². The molecule has 0 saturated carbocycles. The van der Waals surface area contributed by atoms with Crippen LogP contribution in [0, 0.1) is 0 Å². The van der Waals surface area contributed by atoms with Crippen molar-refractivity contribution >= 4 is 27.1 Å². The lowest BCUT2D eigenvalue weighted by atomic mass is 10.3. The number of nitrogens with two attached hydrogens (primary N) is 1. The van der Waals surface area contributed by atoms with Crippen LogP contribution in [-0.4, -0.2) is 23.4 Å². The van der Waals surface area contributed by atoms with Crippen LogP contribution in [0.3, 0.4) is 0 Å². The summed E-state index contributed by atoms with van der Waals surface area (Å²) < 4.78 is 25.7. The van der Waals surface area contributed by atoms with Crippen LogP contribution < -0.4 is 5.73 Å². The topological polar surface area (TPSA) is 90.9 Å². The number of benzene rings is 1. The second-order valence-electron chi connectivity index (χ2n) is 3.83. The summed E-state index contributed by atoms with van der Waals surface area (Å²) in [4.78, 5) is 0.0454. The van der Waals surface area contributed by atoms with Crippen molar-refractivity contribution in [3.63, 3.8) is 0 Å². The predicted octanol–water partition coefficient (Wildman–Crippen LogP) is 1.02. The predicted molar refractivity (Wildman–Crippen MR) is 67.8 cm³/mol. The fourth-order valence-corrected chi connectivity index (χ4v) is 3.35. The summed E-state index contributed by atoms with van der Waals surface area (Å²) in [7, 11) is -1.88. The molecule has 8 heteroatoms. The number of rotatable bonds is 3. The molecular weight excluding hydrogens is 276 g/mol. The molecule has 2 aromatic rings. The molecule has 0 bridgehead atoms. The Labute approximate surface area is 109 Å². The SMILES string of the molecule is Cn1cc(CS(=O)(=O)c2ccc(N)cc2Cl)nn1. The van der Waals surface area contributed by atoms with Crippen LogP contribution in [0.1, 0.15) is 5.69 Å². The van der Waals surface area contributed by atoms with E-state index in [0.29, 0.717) is 11.4 Å². The molecule has 0 saturated heterocycles. The van der Waals surface area contributed by atoms with E-state index >= 15 is 0 Å². The molecule has 2 N–H and O–H groups in total. The zero-order valence-corrected chi connectivity index (χ0v) is 11.1. The molecule has 0 aliphatic heterocycles. The van der Waals surface area contributed by atoms with E-state index in [-0.39, 0.29) is 15.7 Å². The highest BCUT2D eigenvalue weighted by atomic mass is 35.5. The van der Waals surface area contributed by atoms with Crippen molar-refractivity contribution in [2.24, 2.45) is 7.05 Å². The summed E-state index contributed by atoms with van der Waals surface area (Å²) in [5, 5.41) is 7.53. The van der Waals surface area contributed by atoms with Crippen molar-refractivity contribution in [1.82, 2.24) is 15.0 Å². The summed E-state index contributed by atoms with van der Waals surface area (Å²) in [5.41, 5.74) is 6.30. The zero-order valence-electron chi connectivity index (χ0n) is 9.54. The number of hydrogen-bond donors (Lipinski definition) is 1.